The van der Waals surface area contributed by atoms with Crippen LogP contribution in [0.1, 0.15) is 323 Å². The molecule has 3 N–H and O–H groups in total. The highest BCUT2D eigenvalue weighted by Gasteiger charge is 2.24. The summed E-state index contributed by atoms with van der Waals surface area (Å²) in [5, 5.41) is 23.9. The summed E-state index contributed by atoms with van der Waals surface area (Å²) >= 11 is 0. The van der Waals surface area contributed by atoms with Crippen molar-refractivity contribution in [1.82, 2.24) is 5.32 Å². The van der Waals surface area contributed by atoms with E-state index in [9.17, 15) is 19.8 Å². The van der Waals surface area contributed by atoms with E-state index >= 15 is 0 Å². The second-order valence-corrected chi connectivity index (χ2v) is 21.2. The highest BCUT2D eigenvalue weighted by atomic mass is 16.5. The molecule has 0 aliphatic heterocycles. The molecule has 0 aliphatic carbocycles. The van der Waals surface area contributed by atoms with E-state index in [1.807, 2.05) is 0 Å². The summed E-state index contributed by atoms with van der Waals surface area (Å²) in [6, 6.07) is -0.715. The van der Waals surface area contributed by atoms with Crippen LogP contribution >= 0.6 is 0 Å². The Morgan fingerprint density at radius 2 is 0.729 bits per heavy atom. The Labute approximate surface area is 436 Å². The number of hydrogen-bond acceptors (Lipinski definition) is 5. The van der Waals surface area contributed by atoms with Crippen LogP contribution in [-0.2, 0) is 14.3 Å². The Bertz CT molecular complexity index is 1190. The number of ether oxygens (including phenoxy) is 1. The Balaban J connectivity index is 4.56. The molecule has 0 aromatic carbocycles. The van der Waals surface area contributed by atoms with Crippen molar-refractivity contribution >= 4 is 11.9 Å². The van der Waals surface area contributed by atoms with Crippen molar-refractivity contribution in [1.29, 1.82) is 0 Å². The van der Waals surface area contributed by atoms with Gasteiger partial charge in [-0.2, -0.15) is 0 Å². The number of aliphatic hydroxyl groups is 2. The van der Waals surface area contributed by atoms with Crippen molar-refractivity contribution in [3.05, 3.63) is 48.6 Å². The van der Waals surface area contributed by atoms with Gasteiger partial charge in [-0.25, -0.2) is 0 Å². The van der Waals surface area contributed by atoms with Gasteiger partial charge in [0.2, 0.25) is 5.91 Å². The van der Waals surface area contributed by atoms with E-state index in [-0.39, 0.29) is 24.9 Å². The summed E-state index contributed by atoms with van der Waals surface area (Å²) < 4.78 is 5.96. The number of amides is 1. The van der Waals surface area contributed by atoms with Gasteiger partial charge < -0.3 is 20.3 Å². The monoisotopic (exact) mass is 982 g/mol. The van der Waals surface area contributed by atoms with Crippen molar-refractivity contribution < 1.29 is 24.5 Å². The molecular formula is C64H119NO5. The summed E-state index contributed by atoms with van der Waals surface area (Å²) in [5.74, 6) is -0.495. The van der Waals surface area contributed by atoms with Crippen LogP contribution in [0.3, 0.4) is 0 Å². The predicted octanol–water partition coefficient (Wildman–Crippen LogP) is 19.4. The van der Waals surface area contributed by atoms with Gasteiger partial charge in [0, 0.05) is 6.42 Å². The first-order valence-corrected chi connectivity index (χ1v) is 30.9. The largest absolute Gasteiger partial charge is 0.462 e. The molecule has 0 aromatic rings. The molecule has 0 rings (SSSR count). The summed E-state index contributed by atoms with van der Waals surface area (Å²) in [7, 11) is 0. The molecule has 0 saturated carbocycles. The highest BCUT2D eigenvalue weighted by Crippen LogP contribution is 2.19. The van der Waals surface area contributed by atoms with Crippen LogP contribution in [-0.4, -0.2) is 46.9 Å². The van der Waals surface area contributed by atoms with E-state index in [0.29, 0.717) is 19.3 Å². The first-order chi connectivity index (χ1) is 34.5. The summed E-state index contributed by atoms with van der Waals surface area (Å²) in [6.45, 7) is 6.48. The van der Waals surface area contributed by atoms with E-state index in [1.54, 1.807) is 0 Å². The van der Waals surface area contributed by atoms with E-state index in [4.69, 9.17) is 4.74 Å². The van der Waals surface area contributed by atoms with E-state index in [0.717, 1.165) is 70.6 Å². The highest BCUT2D eigenvalue weighted by molar-refractivity contribution is 5.77. The van der Waals surface area contributed by atoms with Gasteiger partial charge in [0.05, 0.1) is 25.2 Å². The van der Waals surface area contributed by atoms with Crippen LogP contribution in [0.2, 0.25) is 0 Å². The Morgan fingerprint density at radius 1 is 0.414 bits per heavy atom. The van der Waals surface area contributed by atoms with Crippen molar-refractivity contribution in [2.45, 2.75) is 341 Å². The fourth-order valence-corrected chi connectivity index (χ4v) is 9.56. The molecule has 0 fully saturated rings. The summed E-state index contributed by atoms with van der Waals surface area (Å²) in [6.07, 6.45) is 71.8. The third-order valence-corrected chi connectivity index (χ3v) is 14.3. The molecular weight excluding hydrogens is 863 g/mol. The van der Waals surface area contributed by atoms with Gasteiger partial charge in [-0.1, -0.05) is 307 Å². The average molecular weight is 983 g/mol. The number of rotatable bonds is 56. The second kappa shape index (κ2) is 57.7. The van der Waals surface area contributed by atoms with Gasteiger partial charge in [-0.05, 0) is 51.4 Å². The molecule has 0 radical (unpaired) electrons. The molecule has 0 bridgehead atoms. The van der Waals surface area contributed by atoms with Gasteiger partial charge in [0.25, 0.3) is 0 Å². The molecule has 6 nitrogen and oxygen atoms in total. The van der Waals surface area contributed by atoms with Gasteiger partial charge in [-0.3, -0.25) is 9.59 Å². The maximum Gasteiger partial charge on any atom is 0.306 e. The fraction of sp³-hybridized carbons (Fsp3) is 0.844. The van der Waals surface area contributed by atoms with Gasteiger partial charge >= 0.3 is 5.97 Å². The van der Waals surface area contributed by atoms with Crippen LogP contribution < -0.4 is 5.32 Å². The molecule has 3 atom stereocenters. The van der Waals surface area contributed by atoms with E-state index < -0.39 is 18.2 Å². The number of allylic oxidation sites excluding steroid dienone is 8. The molecule has 0 heterocycles. The third-order valence-electron chi connectivity index (χ3n) is 14.3. The quantitative estimate of drug-likeness (QED) is 0.0321. The SMILES string of the molecule is CCCCC/C=C/C=C/C=C/C=C/CCCCCC(CC(=O)NC(CO)C(O)CCCCCCCCCCCCCCCCCC)OC(=O)CCCCCCCCCCCCCCCCCCCCC. The Hall–Kier alpha value is -2.18. The average Bonchev–Trinajstić information content (AvgIpc) is 3.35. The van der Waals surface area contributed by atoms with Crippen molar-refractivity contribution in [3.8, 4) is 0 Å². The lowest BCUT2D eigenvalue weighted by molar-refractivity contribution is -0.151. The van der Waals surface area contributed by atoms with Crippen LogP contribution in [0.5, 0.6) is 0 Å². The maximum atomic E-state index is 13.3. The Kier molecular flexibility index (Phi) is 55.9. The molecule has 6 heteroatoms. The zero-order valence-electron chi connectivity index (χ0n) is 46.9. The molecule has 1 amide bonds. The first-order valence-electron chi connectivity index (χ1n) is 30.9. The van der Waals surface area contributed by atoms with Crippen LogP contribution in [0.25, 0.3) is 0 Å². The fourth-order valence-electron chi connectivity index (χ4n) is 9.56. The second-order valence-electron chi connectivity index (χ2n) is 21.2. The van der Waals surface area contributed by atoms with Crippen molar-refractivity contribution in [3.63, 3.8) is 0 Å². The topological polar surface area (TPSA) is 95.9 Å². The lowest BCUT2D eigenvalue weighted by Crippen LogP contribution is -2.46. The van der Waals surface area contributed by atoms with E-state index in [1.165, 1.54) is 205 Å². The molecule has 0 saturated heterocycles. The lowest BCUT2D eigenvalue weighted by Gasteiger charge is -2.24. The summed E-state index contributed by atoms with van der Waals surface area (Å²) in [4.78, 5) is 26.3. The number of aliphatic hydroxyl groups excluding tert-OH is 2. The van der Waals surface area contributed by atoms with Crippen LogP contribution in [0.4, 0.5) is 0 Å². The molecule has 70 heavy (non-hydrogen) atoms. The molecule has 410 valence electrons. The standard InChI is InChI=1S/C64H119NO5/c1-4-7-10-13-16-19-22-25-28-31-32-33-36-39-42-45-48-51-54-57-64(69)70-60(55-52-49-46-43-40-37-34-29-26-23-20-17-14-11-8-5-2)58-63(68)65-61(59-66)62(67)56-53-50-47-44-41-38-35-30-27-24-21-18-15-12-9-6-3/h17,20,23,26,29,34,37,40,60-62,66-67H,4-16,18-19,21-22,24-25,27-28,30-33,35-36,38-39,41-59H2,1-3H3,(H,65,68)/b20-17+,26-23+,34-29+,40-37+. The third kappa shape index (κ3) is 52.2. The smallest absolute Gasteiger partial charge is 0.306 e. The normalized spacial score (nSPS) is 13.4. The lowest BCUT2D eigenvalue weighted by atomic mass is 10.0. The first kappa shape index (κ1) is 67.8. The number of carbonyl (C=O) groups excluding carboxylic acids is 2. The minimum absolute atomic E-state index is 0.0549. The van der Waals surface area contributed by atoms with Crippen LogP contribution in [0.15, 0.2) is 48.6 Å². The number of hydrogen-bond donors (Lipinski definition) is 3. The molecule has 0 aromatic heterocycles. The van der Waals surface area contributed by atoms with Crippen molar-refractivity contribution in [2.24, 2.45) is 0 Å². The molecule has 3 unspecified atom stereocenters. The number of carbonyl (C=O) groups is 2. The molecule has 0 spiro atoms. The minimum atomic E-state index is -0.799. The minimum Gasteiger partial charge on any atom is -0.462 e. The van der Waals surface area contributed by atoms with E-state index in [2.05, 4.69) is 74.7 Å². The molecule has 0 aliphatic rings. The number of esters is 1. The number of unbranched alkanes of at least 4 members (excludes halogenated alkanes) is 39. The predicted molar refractivity (Wildman–Crippen MR) is 305 cm³/mol. The van der Waals surface area contributed by atoms with Crippen molar-refractivity contribution in [2.75, 3.05) is 6.61 Å². The Morgan fingerprint density at radius 3 is 1.13 bits per heavy atom. The van der Waals surface area contributed by atoms with Gasteiger partial charge in [0.15, 0.2) is 0 Å². The van der Waals surface area contributed by atoms with Crippen LogP contribution in [0, 0.1) is 0 Å². The van der Waals surface area contributed by atoms with Gasteiger partial charge in [0.1, 0.15) is 6.10 Å². The zero-order chi connectivity index (χ0) is 50.9. The maximum absolute atomic E-state index is 13.3. The zero-order valence-corrected chi connectivity index (χ0v) is 46.9. The summed E-state index contributed by atoms with van der Waals surface area (Å²) in [5.41, 5.74) is 0. The number of nitrogens with one attached hydrogen (secondary N) is 1. The van der Waals surface area contributed by atoms with Gasteiger partial charge in [-0.15, -0.1) is 0 Å².